The van der Waals surface area contributed by atoms with E-state index >= 15 is 0 Å². The van der Waals surface area contributed by atoms with E-state index in [1.807, 2.05) is 25.1 Å². The van der Waals surface area contributed by atoms with Gasteiger partial charge < -0.3 is 9.42 Å². The highest BCUT2D eigenvalue weighted by Crippen LogP contribution is 2.23. The van der Waals surface area contributed by atoms with Gasteiger partial charge in [0, 0.05) is 39.6 Å². The van der Waals surface area contributed by atoms with Gasteiger partial charge in [-0.1, -0.05) is 34.4 Å². The van der Waals surface area contributed by atoms with Crippen molar-refractivity contribution < 1.29 is 4.52 Å². The Morgan fingerprint density at radius 3 is 2.48 bits per heavy atom. The lowest BCUT2D eigenvalue weighted by Crippen LogP contribution is -2.46. The molecule has 2 aromatic rings. The van der Waals surface area contributed by atoms with Crippen molar-refractivity contribution in [3.8, 4) is 0 Å². The summed E-state index contributed by atoms with van der Waals surface area (Å²) in [6.45, 7) is 7.77. The highest BCUT2D eigenvalue weighted by atomic mass is 35.5. The summed E-state index contributed by atoms with van der Waals surface area (Å²) >= 11 is 12.0. The number of halogens is 2. The largest absolute Gasteiger partial charge is 0.340 e. The van der Waals surface area contributed by atoms with Crippen LogP contribution in [0.25, 0.3) is 0 Å². The Hall–Kier alpha value is -1.14. The molecule has 0 N–H and O–H groups in total. The first-order chi connectivity index (χ1) is 11.1. The number of piperazine rings is 1. The molecule has 1 aromatic heterocycles. The Morgan fingerprint density at radius 2 is 1.83 bits per heavy atom. The van der Waals surface area contributed by atoms with E-state index in [1.54, 1.807) is 0 Å². The van der Waals surface area contributed by atoms with E-state index in [1.165, 1.54) is 5.56 Å². The summed E-state index contributed by atoms with van der Waals surface area (Å²) in [5.41, 5.74) is 1.23. The Labute approximate surface area is 146 Å². The van der Waals surface area contributed by atoms with Crippen LogP contribution < -0.4 is 0 Å². The molecule has 1 aliphatic heterocycles. The minimum Gasteiger partial charge on any atom is -0.340 e. The van der Waals surface area contributed by atoms with Crippen molar-refractivity contribution in [2.24, 2.45) is 0 Å². The first-order valence-corrected chi connectivity index (χ1v) is 8.53. The predicted octanol–water partition coefficient (Wildman–Crippen LogP) is 3.05. The second kappa shape index (κ2) is 7.62. The minimum absolute atomic E-state index is 0.612. The highest BCUT2D eigenvalue weighted by molar-refractivity contribution is 6.42. The van der Waals surface area contributed by atoms with Gasteiger partial charge in [0.1, 0.15) is 0 Å². The molecule has 23 heavy (non-hydrogen) atoms. The Balaban J connectivity index is 1.43. The highest BCUT2D eigenvalue weighted by Gasteiger charge is 2.18. The van der Waals surface area contributed by atoms with Crippen LogP contribution in [-0.2, 0) is 13.0 Å². The molecule has 0 radical (unpaired) electrons. The van der Waals surface area contributed by atoms with E-state index in [4.69, 9.17) is 27.7 Å². The molecule has 5 nitrogen and oxygen atoms in total. The van der Waals surface area contributed by atoms with Gasteiger partial charge in [-0.2, -0.15) is 4.98 Å². The van der Waals surface area contributed by atoms with Gasteiger partial charge >= 0.3 is 0 Å². The fourth-order valence-electron chi connectivity index (χ4n) is 2.76. The number of hydrogen-bond donors (Lipinski definition) is 0. The third-order valence-corrected chi connectivity index (χ3v) is 4.84. The van der Waals surface area contributed by atoms with Gasteiger partial charge in [0.05, 0.1) is 16.6 Å². The van der Waals surface area contributed by atoms with Crippen molar-refractivity contribution >= 4 is 23.2 Å². The molecule has 0 aliphatic carbocycles. The van der Waals surface area contributed by atoms with E-state index in [0.29, 0.717) is 15.9 Å². The Bertz CT molecular complexity index is 653. The van der Waals surface area contributed by atoms with Crippen molar-refractivity contribution in [1.82, 2.24) is 19.9 Å². The lowest BCUT2D eigenvalue weighted by molar-refractivity contribution is 0.125. The quantitative estimate of drug-likeness (QED) is 0.825. The molecule has 1 fully saturated rings. The molecular formula is C16H20Cl2N4O. The van der Waals surface area contributed by atoms with E-state index in [-0.39, 0.29) is 0 Å². The number of rotatable bonds is 5. The number of benzene rings is 1. The van der Waals surface area contributed by atoms with Gasteiger partial charge in [-0.05, 0) is 24.1 Å². The van der Waals surface area contributed by atoms with Crippen LogP contribution in [0.3, 0.4) is 0 Å². The van der Waals surface area contributed by atoms with Gasteiger partial charge in [-0.25, -0.2) is 0 Å². The summed E-state index contributed by atoms with van der Waals surface area (Å²) < 4.78 is 5.01. The smallest absolute Gasteiger partial charge is 0.223 e. The van der Waals surface area contributed by atoms with Crippen molar-refractivity contribution in [2.75, 3.05) is 32.7 Å². The zero-order valence-electron chi connectivity index (χ0n) is 13.1. The third-order valence-electron chi connectivity index (χ3n) is 4.10. The molecule has 2 heterocycles. The van der Waals surface area contributed by atoms with Crippen LogP contribution in [-0.4, -0.2) is 52.7 Å². The number of hydrogen-bond acceptors (Lipinski definition) is 5. The van der Waals surface area contributed by atoms with Gasteiger partial charge in [-0.15, -0.1) is 0 Å². The summed E-state index contributed by atoms with van der Waals surface area (Å²) in [5.74, 6) is 1.40. The molecule has 1 aliphatic rings. The van der Waals surface area contributed by atoms with Crippen molar-refractivity contribution in [1.29, 1.82) is 0 Å². The summed E-state index contributed by atoms with van der Waals surface area (Å²) in [6.07, 6.45) is 0.987. The fourth-order valence-corrected chi connectivity index (χ4v) is 3.08. The molecule has 3 rings (SSSR count). The third kappa shape index (κ3) is 4.67. The first-order valence-electron chi connectivity index (χ1n) is 7.78. The van der Waals surface area contributed by atoms with Gasteiger partial charge in [0.15, 0.2) is 5.82 Å². The zero-order chi connectivity index (χ0) is 16.2. The monoisotopic (exact) mass is 354 g/mol. The molecule has 0 saturated carbocycles. The molecule has 124 valence electrons. The standard InChI is InChI=1S/C16H20Cl2N4O/c1-12-19-16(20-23-12)11-22-8-6-21(7-9-22)5-4-13-2-3-14(17)15(18)10-13/h2-3,10H,4-9,11H2,1H3. The molecule has 0 spiro atoms. The zero-order valence-corrected chi connectivity index (χ0v) is 14.6. The second-order valence-corrected chi connectivity index (χ2v) is 6.66. The fraction of sp³-hybridized carbons (Fsp3) is 0.500. The van der Waals surface area contributed by atoms with Gasteiger partial charge in [0.25, 0.3) is 0 Å². The van der Waals surface area contributed by atoms with Crippen LogP contribution in [0, 0.1) is 6.92 Å². The molecule has 0 bridgehead atoms. The van der Waals surface area contributed by atoms with E-state index in [0.717, 1.165) is 51.5 Å². The maximum absolute atomic E-state index is 6.06. The van der Waals surface area contributed by atoms with E-state index in [2.05, 4.69) is 19.9 Å². The molecule has 0 atom stereocenters. The van der Waals surface area contributed by atoms with E-state index < -0.39 is 0 Å². The number of nitrogens with zero attached hydrogens (tertiary/aromatic N) is 4. The van der Waals surface area contributed by atoms with Crippen LogP contribution in [0.15, 0.2) is 22.7 Å². The summed E-state index contributed by atoms with van der Waals surface area (Å²) in [5, 5.41) is 5.20. The summed E-state index contributed by atoms with van der Waals surface area (Å²) in [6, 6.07) is 5.87. The van der Waals surface area contributed by atoms with Crippen molar-refractivity contribution in [2.45, 2.75) is 19.9 Å². The van der Waals surface area contributed by atoms with Gasteiger partial charge in [-0.3, -0.25) is 4.90 Å². The Kier molecular flexibility index (Phi) is 5.54. The van der Waals surface area contributed by atoms with Crippen LogP contribution >= 0.6 is 23.2 Å². The lowest BCUT2D eigenvalue weighted by atomic mass is 10.1. The second-order valence-electron chi connectivity index (χ2n) is 5.85. The SMILES string of the molecule is Cc1nc(CN2CCN(CCc3ccc(Cl)c(Cl)c3)CC2)no1. The van der Waals surface area contributed by atoms with Crippen LogP contribution in [0.4, 0.5) is 0 Å². The Morgan fingerprint density at radius 1 is 1.09 bits per heavy atom. The average molecular weight is 355 g/mol. The first kappa shape index (κ1) is 16.7. The van der Waals surface area contributed by atoms with Crippen LogP contribution in [0.2, 0.25) is 10.0 Å². The average Bonchev–Trinajstić information content (AvgIpc) is 2.95. The van der Waals surface area contributed by atoms with Crippen LogP contribution in [0.5, 0.6) is 0 Å². The minimum atomic E-state index is 0.612. The molecule has 0 amide bonds. The number of aromatic nitrogens is 2. The lowest BCUT2D eigenvalue weighted by Gasteiger charge is -2.34. The molecule has 0 unspecified atom stereocenters. The maximum Gasteiger partial charge on any atom is 0.223 e. The molecule has 7 heteroatoms. The van der Waals surface area contributed by atoms with E-state index in [9.17, 15) is 0 Å². The maximum atomic E-state index is 6.06. The summed E-state index contributed by atoms with van der Waals surface area (Å²) in [7, 11) is 0. The molecule has 1 aromatic carbocycles. The topological polar surface area (TPSA) is 45.4 Å². The number of aryl methyl sites for hydroxylation is 1. The van der Waals surface area contributed by atoms with Gasteiger partial charge in [0.2, 0.25) is 5.89 Å². The van der Waals surface area contributed by atoms with Crippen LogP contribution in [0.1, 0.15) is 17.3 Å². The van der Waals surface area contributed by atoms with Crippen molar-refractivity contribution in [3.63, 3.8) is 0 Å². The normalized spacial score (nSPS) is 16.8. The summed E-state index contributed by atoms with van der Waals surface area (Å²) in [4.78, 5) is 9.09. The predicted molar refractivity (Wildman–Crippen MR) is 90.9 cm³/mol. The molecular weight excluding hydrogens is 335 g/mol. The van der Waals surface area contributed by atoms with Crippen molar-refractivity contribution in [3.05, 3.63) is 45.5 Å². The molecule has 1 saturated heterocycles.